The summed E-state index contributed by atoms with van der Waals surface area (Å²) in [4.78, 5) is 17.7. The highest BCUT2D eigenvalue weighted by Gasteiger charge is 2.39. The molecule has 17 heavy (non-hydrogen) atoms. The van der Waals surface area contributed by atoms with Gasteiger partial charge >= 0.3 is 5.97 Å². The van der Waals surface area contributed by atoms with E-state index in [0.29, 0.717) is 5.92 Å². The topological polar surface area (TPSA) is 53.4 Å². The Morgan fingerprint density at radius 2 is 2.41 bits per heavy atom. The molecule has 0 saturated carbocycles. The molecular weight excluding hydrogens is 236 g/mol. The summed E-state index contributed by atoms with van der Waals surface area (Å²) in [6, 6.07) is -0.148. The molecule has 2 heterocycles. The van der Waals surface area contributed by atoms with E-state index in [2.05, 4.69) is 23.7 Å². The third-order valence-corrected chi connectivity index (χ3v) is 3.99. The minimum Gasteiger partial charge on any atom is -0.480 e. The Bertz CT molecular complexity index is 378. The van der Waals surface area contributed by atoms with Gasteiger partial charge in [-0.1, -0.05) is 13.8 Å². The quantitative estimate of drug-likeness (QED) is 0.896. The summed E-state index contributed by atoms with van der Waals surface area (Å²) >= 11 is 1.62. The Hall–Kier alpha value is -0.940. The number of hydrogen-bond acceptors (Lipinski definition) is 4. The standard InChI is InChI=1S/C12H18N2O2S/c1-8(2)7-14-9(11-13-5-6-17-11)3-4-10(14)12(15)16/h5-6,8-10H,3-4,7H2,1-2H3,(H,15,16). The first kappa shape index (κ1) is 12.5. The number of carboxylic acids is 1. The fourth-order valence-corrected chi connectivity index (χ4v) is 3.26. The van der Waals surface area contributed by atoms with E-state index in [1.54, 1.807) is 17.5 Å². The second kappa shape index (κ2) is 5.14. The lowest BCUT2D eigenvalue weighted by Gasteiger charge is -2.28. The van der Waals surface area contributed by atoms with Crippen molar-refractivity contribution >= 4 is 17.3 Å². The molecular formula is C12H18N2O2S. The van der Waals surface area contributed by atoms with Gasteiger partial charge in [0.25, 0.3) is 0 Å². The number of carboxylic acid groups (broad SMARTS) is 1. The van der Waals surface area contributed by atoms with Crippen LogP contribution in [-0.4, -0.2) is 33.5 Å². The van der Waals surface area contributed by atoms with Crippen LogP contribution in [0.1, 0.15) is 37.7 Å². The van der Waals surface area contributed by atoms with Crippen LogP contribution in [0, 0.1) is 5.92 Å². The third-order valence-electron chi connectivity index (χ3n) is 3.11. The zero-order valence-corrected chi connectivity index (χ0v) is 11.0. The summed E-state index contributed by atoms with van der Waals surface area (Å²) in [5.74, 6) is -0.234. The van der Waals surface area contributed by atoms with Crippen LogP contribution < -0.4 is 0 Å². The van der Waals surface area contributed by atoms with Crippen molar-refractivity contribution < 1.29 is 9.90 Å². The summed E-state index contributed by atoms with van der Waals surface area (Å²) in [5, 5.41) is 12.3. The first-order valence-electron chi connectivity index (χ1n) is 5.97. The second-order valence-corrected chi connectivity index (χ2v) is 5.83. The van der Waals surface area contributed by atoms with Gasteiger partial charge in [0.15, 0.2) is 0 Å². The second-order valence-electron chi connectivity index (χ2n) is 4.91. The van der Waals surface area contributed by atoms with Crippen molar-refractivity contribution in [2.45, 2.75) is 38.8 Å². The molecule has 0 bridgehead atoms. The number of likely N-dealkylation sites (tertiary alicyclic amines) is 1. The van der Waals surface area contributed by atoms with E-state index in [9.17, 15) is 9.90 Å². The van der Waals surface area contributed by atoms with Crippen LogP contribution in [0.2, 0.25) is 0 Å². The van der Waals surface area contributed by atoms with Crippen LogP contribution in [0.25, 0.3) is 0 Å². The van der Waals surface area contributed by atoms with Crippen LogP contribution in [0.5, 0.6) is 0 Å². The van der Waals surface area contributed by atoms with Crippen molar-refractivity contribution in [1.29, 1.82) is 0 Å². The van der Waals surface area contributed by atoms with Crippen molar-refractivity contribution in [3.8, 4) is 0 Å². The average Bonchev–Trinajstić information content (AvgIpc) is 2.83. The molecule has 0 radical (unpaired) electrons. The van der Waals surface area contributed by atoms with Crippen molar-refractivity contribution in [2.24, 2.45) is 5.92 Å². The van der Waals surface area contributed by atoms with Crippen LogP contribution in [-0.2, 0) is 4.79 Å². The van der Waals surface area contributed by atoms with Crippen molar-refractivity contribution in [3.63, 3.8) is 0 Å². The zero-order valence-electron chi connectivity index (χ0n) is 10.2. The normalized spacial score (nSPS) is 25.6. The number of rotatable bonds is 4. The van der Waals surface area contributed by atoms with Crippen molar-refractivity contribution in [3.05, 3.63) is 16.6 Å². The molecule has 5 heteroatoms. The molecule has 4 nitrogen and oxygen atoms in total. The molecule has 1 N–H and O–H groups in total. The van der Waals surface area contributed by atoms with Crippen LogP contribution >= 0.6 is 11.3 Å². The van der Waals surface area contributed by atoms with Gasteiger partial charge in [0.05, 0.1) is 6.04 Å². The smallest absolute Gasteiger partial charge is 0.320 e. The molecule has 1 aliphatic rings. The molecule has 1 saturated heterocycles. The Morgan fingerprint density at radius 3 is 2.94 bits per heavy atom. The molecule has 0 aliphatic carbocycles. The van der Waals surface area contributed by atoms with Crippen molar-refractivity contribution in [1.82, 2.24) is 9.88 Å². The molecule has 1 aromatic rings. The summed E-state index contributed by atoms with van der Waals surface area (Å²) in [7, 11) is 0. The van der Waals surface area contributed by atoms with Gasteiger partial charge in [0.2, 0.25) is 0 Å². The maximum absolute atomic E-state index is 11.2. The van der Waals surface area contributed by atoms with Gasteiger partial charge in [-0.2, -0.15) is 0 Å². The van der Waals surface area contributed by atoms with E-state index in [4.69, 9.17) is 0 Å². The first-order chi connectivity index (χ1) is 8.09. The van der Waals surface area contributed by atoms with Crippen LogP contribution in [0.4, 0.5) is 0 Å². The molecule has 2 atom stereocenters. The monoisotopic (exact) mass is 254 g/mol. The Kier molecular flexibility index (Phi) is 3.79. The van der Waals surface area contributed by atoms with Gasteiger partial charge in [0.1, 0.15) is 11.0 Å². The van der Waals surface area contributed by atoms with Crippen molar-refractivity contribution in [2.75, 3.05) is 6.54 Å². The fraction of sp³-hybridized carbons (Fsp3) is 0.667. The Labute approximate surface area is 105 Å². The summed E-state index contributed by atoms with van der Waals surface area (Å²) in [6.07, 6.45) is 3.42. The Balaban J connectivity index is 2.18. The van der Waals surface area contributed by atoms with Crippen LogP contribution in [0.3, 0.4) is 0 Å². The average molecular weight is 254 g/mol. The molecule has 2 rings (SSSR count). The molecule has 1 fully saturated rings. The molecule has 0 aromatic carbocycles. The minimum atomic E-state index is -0.704. The van der Waals surface area contributed by atoms with E-state index in [1.165, 1.54) is 0 Å². The molecule has 94 valence electrons. The third kappa shape index (κ3) is 2.66. The highest BCUT2D eigenvalue weighted by molar-refractivity contribution is 7.09. The molecule has 0 spiro atoms. The lowest BCUT2D eigenvalue weighted by Crippen LogP contribution is -2.39. The highest BCUT2D eigenvalue weighted by Crippen LogP contribution is 2.37. The van der Waals surface area contributed by atoms with E-state index < -0.39 is 5.97 Å². The van der Waals surface area contributed by atoms with Crippen LogP contribution in [0.15, 0.2) is 11.6 Å². The lowest BCUT2D eigenvalue weighted by atomic mass is 10.1. The predicted molar refractivity (Wildman–Crippen MR) is 67.1 cm³/mol. The molecule has 1 aliphatic heterocycles. The molecule has 1 aromatic heterocycles. The maximum atomic E-state index is 11.2. The minimum absolute atomic E-state index is 0.193. The number of carbonyl (C=O) groups is 1. The number of thiazole rings is 1. The predicted octanol–water partition coefficient (Wildman–Crippen LogP) is 2.39. The van der Waals surface area contributed by atoms with Gasteiger partial charge in [-0.05, 0) is 18.8 Å². The highest BCUT2D eigenvalue weighted by atomic mass is 32.1. The van der Waals surface area contributed by atoms with Gasteiger partial charge in [-0.3, -0.25) is 9.69 Å². The first-order valence-corrected chi connectivity index (χ1v) is 6.85. The summed E-state index contributed by atoms with van der Waals surface area (Å²) in [5.41, 5.74) is 0. The zero-order chi connectivity index (χ0) is 12.4. The Morgan fingerprint density at radius 1 is 1.65 bits per heavy atom. The van der Waals surface area contributed by atoms with Gasteiger partial charge < -0.3 is 5.11 Å². The summed E-state index contributed by atoms with van der Waals surface area (Å²) in [6.45, 7) is 5.06. The van der Waals surface area contributed by atoms with Gasteiger partial charge in [0, 0.05) is 18.1 Å². The maximum Gasteiger partial charge on any atom is 0.320 e. The van der Waals surface area contributed by atoms with E-state index in [-0.39, 0.29) is 12.1 Å². The fourth-order valence-electron chi connectivity index (χ4n) is 2.47. The van der Waals surface area contributed by atoms with Gasteiger partial charge in [-0.15, -0.1) is 11.3 Å². The largest absolute Gasteiger partial charge is 0.480 e. The van der Waals surface area contributed by atoms with E-state index >= 15 is 0 Å². The lowest BCUT2D eigenvalue weighted by molar-refractivity contribution is -0.142. The number of aromatic nitrogens is 1. The summed E-state index contributed by atoms with van der Waals surface area (Å²) < 4.78 is 0. The number of nitrogens with zero attached hydrogens (tertiary/aromatic N) is 2. The SMILES string of the molecule is CC(C)CN1C(C(=O)O)CCC1c1nccs1. The molecule has 0 amide bonds. The molecule has 2 unspecified atom stereocenters. The van der Waals surface area contributed by atoms with Gasteiger partial charge in [-0.25, -0.2) is 4.98 Å². The van der Waals surface area contributed by atoms with E-state index in [1.807, 2.05) is 5.38 Å². The van der Waals surface area contributed by atoms with E-state index in [0.717, 1.165) is 24.4 Å². The number of aliphatic carboxylic acids is 1. The number of hydrogen-bond donors (Lipinski definition) is 1.